The Kier molecular flexibility index (Phi) is 3.87. The minimum Gasteiger partial charge on any atom is -0.316 e. The summed E-state index contributed by atoms with van der Waals surface area (Å²) in [6, 6.07) is 6.98. The molecule has 0 amide bonds. The summed E-state index contributed by atoms with van der Waals surface area (Å²) < 4.78 is 0. The van der Waals surface area contributed by atoms with Crippen LogP contribution >= 0.6 is 0 Å². The zero-order valence-corrected chi connectivity index (χ0v) is 12.8. The van der Waals surface area contributed by atoms with Crippen LogP contribution in [-0.2, 0) is 6.42 Å². The Morgan fingerprint density at radius 2 is 1.80 bits per heavy atom. The standard InChI is InChI=1S/C16H24N2O2/c1-15(2)14(16(15,3)4)11-17-10-9-12-7-5-6-8-13(12)18(19)20/h5-8,14,17H,9-11H2,1-4H3. The van der Waals surface area contributed by atoms with E-state index in [9.17, 15) is 10.1 Å². The number of rotatable bonds is 6. The van der Waals surface area contributed by atoms with E-state index in [-0.39, 0.29) is 10.6 Å². The third kappa shape index (κ3) is 2.57. The van der Waals surface area contributed by atoms with Crippen molar-refractivity contribution in [2.24, 2.45) is 16.7 Å². The lowest BCUT2D eigenvalue weighted by Gasteiger charge is -2.06. The van der Waals surface area contributed by atoms with E-state index in [0.717, 1.165) is 18.7 Å². The van der Waals surface area contributed by atoms with E-state index in [1.807, 2.05) is 12.1 Å². The van der Waals surface area contributed by atoms with E-state index >= 15 is 0 Å². The molecular formula is C16H24N2O2. The summed E-state index contributed by atoms with van der Waals surface area (Å²) in [5, 5.41) is 14.4. The van der Waals surface area contributed by atoms with Crippen molar-refractivity contribution in [3.63, 3.8) is 0 Å². The summed E-state index contributed by atoms with van der Waals surface area (Å²) in [5.74, 6) is 0.681. The second kappa shape index (κ2) is 5.17. The molecule has 1 saturated carbocycles. The van der Waals surface area contributed by atoms with Gasteiger partial charge in [-0.05, 0) is 36.3 Å². The van der Waals surface area contributed by atoms with Crippen molar-refractivity contribution in [3.05, 3.63) is 39.9 Å². The fourth-order valence-electron chi connectivity index (χ4n) is 3.21. The number of nitro groups is 1. The van der Waals surface area contributed by atoms with Gasteiger partial charge in [-0.3, -0.25) is 10.1 Å². The average molecular weight is 276 g/mol. The quantitative estimate of drug-likeness (QED) is 0.492. The van der Waals surface area contributed by atoms with Crippen LogP contribution in [0, 0.1) is 26.9 Å². The smallest absolute Gasteiger partial charge is 0.272 e. The molecule has 20 heavy (non-hydrogen) atoms. The molecule has 1 aromatic rings. The van der Waals surface area contributed by atoms with Gasteiger partial charge in [-0.1, -0.05) is 45.9 Å². The summed E-state index contributed by atoms with van der Waals surface area (Å²) in [6.45, 7) is 11.0. The van der Waals surface area contributed by atoms with Crippen LogP contribution in [0.4, 0.5) is 5.69 Å². The van der Waals surface area contributed by atoms with E-state index < -0.39 is 0 Å². The van der Waals surface area contributed by atoms with Crippen LogP contribution in [0.1, 0.15) is 33.3 Å². The Labute approximate surface area is 120 Å². The van der Waals surface area contributed by atoms with Gasteiger partial charge >= 0.3 is 0 Å². The molecule has 0 bridgehead atoms. The largest absolute Gasteiger partial charge is 0.316 e. The van der Waals surface area contributed by atoms with Crippen LogP contribution in [0.3, 0.4) is 0 Å². The molecule has 4 nitrogen and oxygen atoms in total. The first kappa shape index (κ1) is 15.0. The first-order valence-corrected chi connectivity index (χ1v) is 7.21. The van der Waals surface area contributed by atoms with Crippen molar-refractivity contribution in [3.8, 4) is 0 Å². The van der Waals surface area contributed by atoms with E-state index in [1.54, 1.807) is 12.1 Å². The van der Waals surface area contributed by atoms with Gasteiger partial charge in [-0.15, -0.1) is 0 Å². The van der Waals surface area contributed by atoms with Gasteiger partial charge in [-0.2, -0.15) is 0 Å². The van der Waals surface area contributed by atoms with Gasteiger partial charge in [0, 0.05) is 11.6 Å². The number of para-hydroxylation sites is 1. The predicted octanol–water partition coefficient (Wildman–Crippen LogP) is 3.41. The lowest BCUT2D eigenvalue weighted by Crippen LogP contribution is -2.22. The van der Waals surface area contributed by atoms with Gasteiger partial charge in [0.15, 0.2) is 0 Å². The third-order valence-electron chi connectivity index (χ3n) is 5.43. The zero-order chi connectivity index (χ0) is 15.0. The zero-order valence-electron chi connectivity index (χ0n) is 12.8. The van der Waals surface area contributed by atoms with Crippen LogP contribution in [0.15, 0.2) is 24.3 Å². The third-order valence-corrected chi connectivity index (χ3v) is 5.43. The second-order valence-electron chi connectivity index (χ2n) is 6.84. The molecule has 0 atom stereocenters. The van der Waals surface area contributed by atoms with Crippen LogP contribution in [0.25, 0.3) is 0 Å². The Bertz CT molecular complexity index is 495. The molecule has 1 N–H and O–H groups in total. The summed E-state index contributed by atoms with van der Waals surface area (Å²) >= 11 is 0. The van der Waals surface area contributed by atoms with Crippen molar-refractivity contribution in [2.75, 3.05) is 13.1 Å². The molecule has 0 aromatic heterocycles. The summed E-state index contributed by atoms with van der Waals surface area (Å²) in [4.78, 5) is 10.6. The van der Waals surface area contributed by atoms with Gasteiger partial charge in [0.25, 0.3) is 5.69 Å². The van der Waals surface area contributed by atoms with Gasteiger partial charge in [-0.25, -0.2) is 0 Å². The molecule has 1 aliphatic rings. The van der Waals surface area contributed by atoms with Crippen molar-refractivity contribution in [2.45, 2.75) is 34.1 Å². The fourth-order valence-corrected chi connectivity index (χ4v) is 3.21. The summed E-state index contributed by atoms with van der Waals surface area (Å²) in [5.41, 5.74) is 1.80. The van der Waals surface area contributed by atoms with E-state index in [4.69, 9.17) is 0 Å². The molecule has 0 aliphatic heterocycles. The van der Waals surface area contributed by atoms with Crippen LogP contribution in [0.2, 0.25) is 0 Å². The Morgan fingerprint density at radius 1 is 1.20 bits per heavy atom. The van der Waals surface area contributed by atoms with Gasteiger partial charge in [0.1, 0.15) is 0 Å². The summed E-state index contributed by atoms with van der Waals surface area (Å²) in [6.07, 6.45) is 0.699. The Morgan fingerprint density at radius 3 is 2.35 bits per heavy atom. The maximum absolute atomic E-state index is 10.9. The summed E-state index contributed by atoms with van der Waals surface area (Å²) in [7, 11) is 0. The first-order chi connectivity index (χ1) is 9.28. The topological polar surface area (TPSA) is 55.2 Å². The molecule has 0 spiro atoms. The fraction of sp³-hybridized carbons (Fsp3) is 0.625. The lowest BCUT2D eigenvalue weighted by atomic mass is 10.0. The van der Waals surface area contributed by atoms with E-state index in [0.29, 0.717) is 23.2 Å². The molecule has 110 valence electrons. The molecule has 0 saturated heterocycles. The molecule has 0 heterocycles. The van der Waals surface area contributed by atoms with Crippen molar-refractivity contribution < 1.29 is 4.92 Å². The van der Waals surface area contributed by atoms with Crippen molar-refractivity contribution in [1.82, 2.24) is 5.32 Å². The molecule has 2 rings (SSSR count). The highest BCUT2D eigenvalue weighted by Gasteiger charge is 2.63. The van der Waals surface area contributed by atoms with Crippen LogP contribution < -0.4 is 5.32 Å². The van der Waals surface area contributed by atoms with Gasteiger partial charge in [0.2, 0.25) is 0 Å². The van der Waals surface area contributed by atoms with Crippen molar-refractivity contribution in [1.29, 1.82) is 0 Å². The molecule has 1 aromatic carbocycles. The Balaban J connectivity index is 1.82. The Hall–Kier alpha value is -1.42. The number of hydrogen-bond donors (Lipinski definition) is 1. The number of nitro benzene ring substituents is 1. The number of nitrogens with zero attached hydrogens (tertiary/aromatic N) is 1. The van der Waals surface area contributed by atoms with E-state index in [2.05, 4.69) is 33.0 Å². The first-order valence-electron chi connectivity index (χ1n) is 7.21. The predicted molar refractivity (Wildman–Crippen MR) is 80.7 cm³/mol. The highest BCUT2D eigenvalue weighted by atomic mass is 16.6. The molecule has 0 unspecified atom stereocenters. The average Bonchev–Trinajstić information content (AvgIpc) is 2.76. The van der Waals surface area contributed by atoms with Gasteiger partial charge < -0.3 is 5.32 Å². The molecule has 0 radical (unpaired) electrons. The monoisotopic (exact) mass is 276 g/mol. The molecular weight excluding hydrogens is 252 g/mol. The van der Waals surface area contributed by atoms with E-state index in [1.165, 1.54) is 0 Å². The highest BCUT2D eigenvalue weighted by molar-refractivity contribution is 5.39. The van der Waals surface area contributed by atoms with Gasteiger partial charge in [0.05, 0.1) is 4.92 Å². The maximum Gasteiger partial charge on any atom is 0.272 e. The maximum atomic E-state index is 10.9. The molecule has 4 heteroatoms. The normalized spacial score (nSPS) is 19.8. The minimum absolute atomic E-state index is 0.224. The molecule has 1 aliphatic carbocycles. The SMILES string of the molecule is CC1(C)C(CNCCc2ccccc2[N+](=O)[O-])C1(C)C. The van der Waals surface area contributed by atoms with Crippen molar-refractivity contribution >= 4 is 5.69 Å². The van der Waals surface area contributed by atoms with Crippen LogP contribution in [-0.4, -0.2) is 18.0 Å². The lowest BCUT2D eigenvalue weighted by molar-refractivity contribution is -0.385. The highest BCUT2D eigenvalue weighted by Crippen LogP contribution is 2.67. The minimum atomic E-state index is -0.303. The molecule has 1 fully saturated rings. The van der Waals surface area contributed by atoms with Crippen LogP contribution in [0.5, 0.6) is 0 Å². The number of nitrogens with one attached hydrogen (secondary N) is 1. The number of benzene rings is 1. The number of hydrogen-bond acceptors (Lipinski definition) is 3. The second-order valence-corrected chi connectivity index (χ2v) is 6.84.